The molecule has 1 aliphatic heterocycles. The minimum Gasteiger partial charge on any atom is -0.323 e. The SMILES string of the molecule is Cc1ccc(N2C(=O)CC(N(C(=O)c3ccccc3C)C3CCCCCC3)C2=O)cc1. The number of benzene rings is 2. The van der Waals surface area contributed by atoms with Crippen LogP contribution in [0.2, 0.25) is 0 Å². The maximum atomic E-state index is 13.7. The van der Waals surface area contributed by atoms with E-state index in [2.05, 4.69) is 0 Å². The molecule has 0 bridgehead atoms. The van der Waals surface area contributed by atoms with Crippen LogP contribution in [0, 0.1) is 13.8 Å². The molecule has 2 aromatic rings. The lowest BCUT2D eigenvalue weighted by Crippen LogP contribution is -2.51. The second-order valence-corrected chi connectivity index (χ2v) is 8.80. The molecule has 0 radical (unpaired) electrons. The Labute approximate surface area is 184 Å². The zero-order chi connectivity index (χ0) is 22.0. The first-order chi connectivity index (χ1) is 15.0. The van der Waals surface area contributed by atoms with E-state index in [1.807, 2.05) is 50.2 Å². The Morgan fingerprint density at radius 3 is 2.19 bits per heavy atom. The van der Waals surface area contributed by atoms with E-state index in [1.165, 1.54) is 4.90 Å². The molecule has 2 aliphatic rings. The van der Waals surface area contributed by atoms with Crippen molar-refractivity contribution < 1.29 is 14.4 Å². The first-order valence-corrected chi connectivity index (χ1v) is 11.3. The van der Waals surface area contributed by atoms with Gasteiger partial charge in [0.2, 0.25) is 5.91 Å². The fourth-order valence-electron chi connectivity index (χ4n) is 4.85. The van der Waals surface area contributed by atoms with E-state index >= 15 is 0 Å². The molecular weight excluding hydrogens is 388 g/mol. The Hall–Kier alpha value is -2.95. The maximum absolute atomic E-state index is 13.7. The standard InChI is InChI=1S/C26H30N2O3/c1-18-13-15-21(16-14-18)28-24(29)17-23(26(28)31)27(20-10-5-3-4-6-11-20)25(30)22-12-8-7-9-19(22)2/h7-9,12-16,20,23H,3-6,10-11,17H2,1-2H3. The van der Waals surface area contributed by atoms with Crippen LogP contribution < -0.4 is 4.90 Å². The van der Waals surface area contributed by atoms with E-state index in [0.717, 1.165) is 49.7 Å². The van der Waals surface area contributed by atoms with Gasteiger partial charge < -0.3 is 4.90 Å². The monoisotopic (exact) mass is 418 g/mol. The lowest BCUT2D eigenvalue weighted by atomic mass is 10.00. The fourth-order valence-corrected chi connectivity index (χ4v) is 4.85. The van der Waals surface area contributed by atoms with Crippen molar-refractivity contribution in [3.8, 4) is 0 Å². The second-order valence-electron chi connectivity index (χ2n) is 8.80. The van der Waals surface area contributed by atoms with Gasteiger partial charge in [-0.2, -0.15) is 0 Å². The van der Waals surface area contributed by atoms with Crippen LogP contribution in [-0.4, -0.2) is 34.7 Å². The summed E-state index contributed by atoms with van der Waals surface area (Å²) in [6.07, 6.45) is 6.17. The molecule has 1 saturated heterocycles. The minimum atomic E-state index is -0.746. The molecule has 1 heterocycles. The van der Waals surface area contributed by atoms with Crippen molar-refractivity contribution >= 4 is 23.4 Å². The Morgan fingerprint density at radius 2 is 1.55 bits per heavy atom. The number of hydrogen-bond donors (Lipinski definition) is 0. The lowest BCUT2D eigenvalue weighted by Gasteiger charge is -2.35. The summed E-state index contributed by atoms with van der Waals surface area (Å²) in [4.78, 5) is 43.2. The topological polar surface area (TPSA) is 57.7 Å². The number of amides is 3. The summed E-state index contributed by atoms with van der Waals surface area (Å²) in [5, 5.41) is 0. The van der Waals surface area contributed by atoms with E-state index in [1.54, 1.807) is 17.0 Å². The highest BCUT2D eigenvalue weighted by Crippen LogP contribution is 2.32. The molecule has 2 aromatic carbocycles. The average Bonchev–Trinajstić information content (AvgIpc) is 2.92. The molecule has 162 valence electrons. The summed E-state index contributed by atoms with van der Waals surface area (Å²) in [5.74, 6) is -0.669. The largest absolute Gasteiger partial charge is 0.323 e. The minimum absolute atomic E-state index is 0.0191. The Morgan fingerprint density at radius 1 is 0.903 bits per heavy atom. The molecule has 1 aliphatic carbocycles. The van der Waals surface area contributed by atoms with E-state index in [9.17, 15) is 14.4 Å². The van der Waals surface area contributed by atoms with Gasteiger partial charge in [-0.1, -0.05) is 61.6 Å². The quantitative estimate of drug-likeness (QED) is 0.529. The van der Waals surface area contributed by atoms with Crippen molar-refractivity contribution in [2.24, 2.45) is 0 Å². The third-order valence-corrected chi connectivity index (χ3v) is 6.58. The molecule has 5 heteroatoms. The number of anilines is 1. The van der Waals surface area contributed by atoms with Gasteiger partial charge in [-0.3, -0.25) is 14.4 Å². The summed E-state index contributed by atoms with van der Waals surface area (Å²) in [6, 6.07) is 14.1. The molecule has 3 amide bonds. The van der Waals surface area contributed by atoms with Crippen LogP contribution in [0.25, 0.3) is 0 Å². The van der Waals surface area contributed by atoms with Gasteiger partial charge >= 0.3 is 0 Å². The van der Waals surface area contributed by atoms with E-state index < -0.39 is 6.04 Å². The van der Waals surface area contributed by atoms with Gasteiger partial charge in [0, 0.05) is 11.6 Å². The van der Waals surface area contributed by atoms with Gasteiger partial charge in [-0.05, 0) is 50.5 Å². The van der Waals surface area contributed by atoms with Crippen LogP contribution in [0.3, 0.4) is 0 Å². The van der Waals surface area contributed by atoms with Crippen LogP contribution in [-0.2, 0) is 9.59 Å². The highest BCUT2D eigenvalue weighted by Gasteiger charge is 2.46. The number of nitrogens with zero attached hydrogens (tertiary/aromatic N) is 2. The van der Waals surface area contributed by atoms with Crippen LogP contribution in [0.15, 0.2) is 48.5 Å². The van der Waals surface area contributed by atoms with E-state index in [0.29, 0.717) is 11.3 Å². The predicted molar refractivity (Wildman–Crippen MR) is 121 cm³/mol. The van der Waals surface area contributed by atoms with Crippen molar-refractivity contribution in [3.63, 3.8) is 0 Å². The Kier molecular flexibility index (Phi) is 6.21. The Balaban J connectivity index is 1.70. The van der Waals surface area contributed by atoms with E-state index in [4.69, 9.17) is 0 Å². The van der Waals surface area contributed by atoms with Crippen LogP contribution in [0.4, 0.5) is 5.69 Å². The van der Waals surface area contributed by atoms with Crippen molar-refractivity contribution in [1.82, 2.24) is 4.90 Å². The Bertz CT molecular complexity index is 974. The number of carbonyl (C=O) groups excluding carboxylic acids is 3. The molecule has 31 heavy (non-hydrogen) atoms. The summed E-state index contributed by atoms with van der Waals surface area (Å²) in [6.45, 7) is 3.88. The number of imide groups is 1. The molecule has 0 aromatic heterocycles. The molecular formula is C26H30N2O3. The van der Waals surface area contributed by atoms with Gasteiger partial charge in [0.1, 0.15) is 6.04 Å². The van der Waals surface area contributed by atoms with Gasteiger partial charge in [-0.25, -0.2) is 4.90 Å². The summed E-state index contributed by atoms with van der Waals surface area (Å²) < 4.78 is 0. The maximum Gasteiger partial charge on any atom is 0.257 e. The van der Waals surface area contributed by atoms with E-state index in [-0.39, 0.29) is 30.2 Å². The molecule has 1 atom stereocenters. The molecule has 1 saturated carbocycles. The van der Waals surface area contributed by atoms with Gasteiger partial charge in [0.05, 0.1) is 12.1 Å². The van der Waals surface area contributed by atoms with Crippen molar-refractivity contribution in [1.29, 1.82) is 0 Å². The van der Waals surface area contributed by atoms with Crippen LogP contribution in [0.1, 0.15) is 66.4 Å². The van der Waals surface area contributed by atoms with Crippen molar-refractivity contribution in [2.45, 2.75) is 70.9 Å². The van der Waals surface area contributed by atoms with Gasteiger partial charge in [-0.15, -0.1) is 0 Å². The normalized spacial score (nSPS) is 20.1. The van der Waals surface area contributed by atoms with Crippen LogP contribution in [0.5, 0.6) is 0 Å². The highest BCUT2D eigenvalue weighted by atomic mass is 16.2. The fraction of sp³-hybridized carbons (Fsp3) is 0.423. The number of rotatable bonds is 4. The van der Waals surface area contributed by atoms with Crippen LogP contribution >= 0.6 is 0 Å². The molecule has 2 fully saturated rings. The van der Waals surface area contributed by atoms with Crippen molar-refractivity contribution in [2.75, 3.05) is 4.90 Å². The average molecular weight is 419 g/mol. The third-order valence-electron chi connectivity index (χ3n) is 6.58. The summed E-state index contributed by atoms with van der Waals surface area (Å²) >= 11 is 0. The predicted octanol–water partition coefficient (Wildman–Crippen LogP) is 4.80. The molecule has 5 nitrogen and oxygen atoms in total. The zero-order valence-corrected chi connectivity index (χ0v) is 18.3. The summed E-state index contributed by atoms with van der Waals surface area (Å²) in [5.41, 5.74) is 3.14. The second kappa shape index (κ2) is 9.04. The molecule has 1 unspecified atom stereocenters. The van der Waals surface area contributed by atoms with Gasteiger partial charge in [0.25, 0.3) is 11.8 Å². The highest BCUT2D eigenvalue weighted by molar-refractivity contribution is 6.23. The third kappa shape index (κ3) is 4.27. The number of hydrogen-bond acceptors (Lipinski definition) is 3. The lowest BCUT2D eigenvalue weighted by molar-refractivity contribution is -0.123. The smallest absolute Gasteiger partial charge is 0.257 e. The van der Waals surface area contributed by atoms with Gasteiger partial charge in [0.15, 0.2) is 0 Å². The molecule has 0 N–H and O–H groups in total. The number of aryl methyl sites for hydroxylation is 2. The molecule has 0 spiro atoms. The zero-order valence-electron chi connectivity index (χ0n) is 18.3. The first-order valence-electron chi connectivity index (χ1n) is 11.3. The molecule has 4 rings (SSSR count). The summed E-state index contributed by atoms with van der Waals surface area (Å²) in [7, 11) is 0. The van der Waals surface area contributed by atoms with Crippen molar-refractivity contribution in [3.05, 3.63) is 65.2 Å². The first kappa shape index (κ1) is 21.3. The number of carbonyl (C=O) groups is 3.